The molecule has 2 heterocycles. The number of amides is 2. The fourth-order valence-corrected chi connectivity index (χ4v) is 5.86. The highest BCUT2D eigenvalue weighted by molar-refractivity contribution is 7.93. The van der Waals surface area contributed by atoms with Crippen molar-refractivity contribution in [3.63, 3.8) is 0 Å². The molecule has 0 aliphatic carbocycles. The van der Waals surface area contributed by atoms with Crippen molar-refractivity contribution in [1.29, 1.82) is 0 Å². The summed E-state index contributed by atoms with van der Waals surface area (Å²) in [6, 6.07) is 24.6. The van der Waals surface area contributed by atoms with Crippen molar-refractivity contribution in [1.82, 2.24) is 14.8 Å². The maximum absolute atomic E-state index is 13.2. The van der Waals surface area contributed by atoms with E-state index in [0.717, 1.165) is 10.9 Å². The number of nitrogens with zero attached hydrogens (tertiary/aromatic N) is 3. The molecule has 5 rings (SSSR count). The number of nitrogens with one attached hydrogen (secondary N) is 1. The molecule has 2 amide bonds. The van der Waals surface area contributed by atoms with Gasteiger partial charge in [0.15, 0.2) is 0 Å². The summed E-state index contributed by atoms with van der Waals surface area (Å²) in [6.45, 7) is 2.09. The Hall–Kier alpha value is -4.24. The molecule has 3 aromatic carbocycles. The number of carbonyl (C=O) groups is 2. The molecule has 0 unspecified atom stereocenters. The summed E-state index contributed by atoms with van der Waals surface area (Å²) >= 11 is 0. The van der Waals surface area contributed by atoms with Gasteiger partial charge in [-0.3, -0.25) is 19.3 Å². The SMILES string of the molecule is O=C(Cc1ccccc1)N1CCCN(C(=O)c2ccc(NS(=O)(=O)c3cccc4cccnc34)cc2)CC1. The number of benzene rings is 3. The summed E-state index contributed by atoms with van der Waals surface area (Å²) in [5.41, 5.74) is 2.18. The second-order valence-electron chi connectivity index (χ2n) is 9.20. The predicted molar refractivity (Wildman–Crippen MR) is 146 cm³/mol. The first kappa shape index (κ1) is 25.4. The van der Waals surface area contributed by atoms with Gasteiger partial charge < -0.3 is 9.80 Å². The monoisotopic (exact) mass is 528 g/mol. The lowest BCUT2D eigenvalue weighted by atomic mass is 10.1. The van der Waals surface area contributed by atoms with Crippen LogP contribution in [0.1, 0.15) is 22.3 Å². The van der Waals surface area contributed by atoms with Crippen LogP contribution in [0, 0.1) is 0 Å². The number of pyridine rings is 1. The molecule has 1 aromatic heterocycles. The number of hydrogen-bond donors (Lipinski definition) is 1. The maximum Gasteiger partial charge on any atom is 0.264 e. The Bertz CT molecular complexity index is 1550. The summed E-state index contributed by atoms with van der Waals surface area (Å²) in [5.74, 6) is -0.0847. The van der Waals surface area contributed by atoms with Gasteiger partial charge in [-0.1, -0.05) is 48.5 Å². The Balaban J connectivity index is 1.22. The Morgan fingerprint density at radius 2 is 1.50 bits per heavy atom. The highest BCUT2D eigenvalue weighted by Gasteiger charge is 2.23. The van der Waals surface area contributed by atoms with E-state index >= 15 is 0 Å². The molecule has 1 aliphatic heterocycles. The van der Waals surface area contributed by atoms with Crippen molar-refractivity contribution in [2.45, 2.75) is 17.7 Å². The molecule has 38 heavy (non-hydrogen) atoms. The fourth-order valence-electron chi connectivity index (χ4n) is 4.62. The van der Waals surface area contributed by atoms with Crippen LogP contribution in [0.5, 0.6) is 0 Å². The van der Waals surface area contributed by atoms with E-state index in [9.17, 15) is 18.0 Å². The molecular weight excluding hydrogens is 500 g/mol. The summed E-state index contributed by atoms with van der Waals surface area (Å²) < 4.78 is 28.7. The molecule has 8 nitrogen and oxygen atoms in total. The predicted octanol–water partition coefficient (Wildman–Crippen LogP) is 3.95. The zero-order chi connectivity index (χ0) is 26.5. The van der Waals surface area contributed by atoms with Gasteiger partial charge >= 0.3 is 0 Å². The summed E-state index contributed by atoms with van der Waals surface area (Å²) in [5, 5.41) is 0.731. The zero-order valence-corrected chi connectivity index (χ0v) is 21.6. The second kappa shape index (κ2) is 11.0. The molecular formula is C29H28N4O4S. The van der Waals surface area contributed by atoms with Crippen molar-refractivity contribution in [3.05, 3.63) is 102 Å². The van der Waals surface area contributed by atoms with Crippen LogP contribution in [0.3, 0.4) is 0 Å². The van der Waals surface area contributed by atoms with E-state index < -0.39 is 10.0 Å². The Morgan fingerprint density at radius 1 is 0.789 bits per heavy atom. The van der Waals surface area contributed by atoms with Crippen molar-refractivity contribution in [2.24, 2.45) is 0 Å². The quantitative estimate of drug-likeness (QED) is 0.409. The van der Waals surface area contributed by atoms with Crippen LogP contribution < -0.4 is 4.72 Å². The van der Waals surface area contributed by atoms with Crippen molar-refractivity contribution >= 4 is 38.4 Å². The zero-order valence-electron chi connectivity index (χ0n) is 20.8. The number of fused-ring (bicyclic) bond motifs is 1. The van der Waals surface area contributed by atoms with Gasteiger partial charge in [-0.25, -0.2) is 8.42 Å². The van der Waals surface area contributed by atoms with E-state index in [1.165, 1.54) is 6.07 Å². The molecule has 0 saturated carbocycles. The number of para-hydroxylation sites is 1. The molecule has 194 valence electrons. The molecule has 0 radical (unpaired) electrons. The Morgan fingerprint density at radius 3 is 2.29 bits per heavy atom. The van der Waals surface area contributed by atoms with E-state index in [4.69, 9.17) is 0 Å². The number of aromatic nitrogens is 1. The van der Waals surface area contributed by atoms with E-state index in [0.29, 0.717) is 55.8 Å². The van der Waals surface area contributed by atoms with Crippen molar-refractivity contribution < 1.29 is 18.0 Å². The van der Waals surface area contributed by atoms with Gasteiger partial charge in [-0.15, -0.1) is 0 Å². The van der Waals surface area contributed by atoms with Crippen molar-refractivity contribution in [2.75, 3.05) is 30.9 Å². The first-order chi connectivity index (χ1) is 18.4. The standard InChI is InChI=1S/C29H28N4O4S/c34-27(21-22-7-2-1-3-8-22)32-17-6-18-33(20-19-32)29(35)24-12-14-25(15-13-24)31-38(36,37)26-11-4-9-23-10-5-16-30-28(23)26/h1-5,7-16,31H,6,17-21H2. The topological polar surface area (TPSA) is 99.7 Å². The molecule has 4 aromatic rings. The summed E-state index contributed by atoms with van der Waals surface area (Å²) in [7, 11) is -3.88. The number of sulfonamides is 1. The van der Waals surface area contributed by atoms with Gasteiger partial charge in [0.25, 0.3) is 15.9 Å². The smallest absolute Gasteiger partial charge is 0.264 e. The van der Waals surface area contributed by atoms with Gasteiger partial charge in [0.1, 0.15) is 4.90 Å². The van der Waals surface area contributed by atoms with Crippen LogP contribution in [0.25, 0.3) is 10.9 Å². The molecule has 0 spiro atoms. The number of carbonyl (C=O) groups excluding carboxylic acids is 2. The van der Waals surface area contributed by atoms with E-state index in [-0.39, 0.29) is 16.7 Å². The second-order valence-corrected chi connectivity index (χ2v) is 10.9. The average Bonchev–Trinajstić information content (AvgIpc) is 3.20. The summed E-state index contributed by atoms with van der Waals surface area (Å²) in [4.78, 5) is 33.8. The molecule has 1 fully saturated rings. The molecule has 0 atom stereocenters. The van der Waals surface area contributed by atoms with Crippen LogP contribution in [-0.2, 0) is 21.2 Å². The van der Waals surface area contributed by atoms with Gasteiger partial charge in [-0.2, -0.15) is 0 Å². The third-order valence-corrected chi connectivity index (χ3v) is 8.02. The third-order valence-electron chi connectivity index (χ3n) is 6.60. The van der Waals surface area contributed by atoms with Gasteiger partial charge in [-0.05, 0) is 48.4 Å². The average molecular weight is 529 g/mol. The first-order valence-corrected chi connectivity index (χ1v) is 14.0. The molecule has 1 saturated heterocycles. The number of anilines is 1. The maximum atomic E-state index is 13.2. The highest BCUT2D eigenvalue weighted by Crippen LogP contribution is 2.23. The minimum absolute atomic E-state index is 0.0588. The van der Waals surface area contributed by atoms with E-state index in [1.54, 1.807) is 47.5 Å². The molecule has 1 aliphatic rings. The normalized spacial score (nSPS) is 14.2. The number of rotatable bonds is 6. The van der Waals surface area contributed by atoms with Gasteiger partial charge in [0, 0.05) is 49.0 Å². The van der Waals surface area contributed by atoms with Crippen LogP contribution in [0.2, 0.25) is 0 Å². The van der Waals surface area contributed by atoms with Gasteiger partial charge in [0.05, 0.1) is 11.9 Å². The molecule has 9 heteroatoms. The van der Waals surface area contributed by atoms with Crippen molar-refractivity contribution in [3.8, 4) is 0 Å². The lowest BCUT2D eigenvalue weighted by Gasteiger charge is -2.22. The van der Waals surface area contributed by atoms with E-state index in [1.807, 2.05) is 47.4 Å². The Kier molecular flexibility index (Phi) is 7.37. The first-order valence-electron chi connectivity index (χ1n) is 12.5. The highest BCUT2D eigenvalue weighted by atomic mass is 32.2. The molecule has 0 bridgehead atoms. The summed E-state index contributed by atoms with van der Waals surface area (Å²) in [6.07, 6.45) is 2.60. The minimum Gasteiger partial charge on any atom is -0.341 e. The largest absolute Gasteiger partial charge is 0.341 e. The Labute approximate surface area is 222 Å². The van der Waals surface area contributed by atoms with Crippen LogP contribution in [0.15, 0.2) is 96.0 Å². The minimum atomic E-state index is -3.88. The lowest BCUT2D eigenvalue weighted by Crippen LogP contribution is -2.38. The van der Waals surface area contributed by atoms with Crippen LogP contribution in [-0.4, -0.2) is 61.2 Å². The van der Waals surface area contributed by atoms with Crippen LogP contribution >= 0.6 is 0 Å². The lowest BCUT2D eigenvalue weighted by molar-refractivity contribution is -0.130. The fraction of sp³-hybridized carbons (Fsp3) is 0.207. The van der Waals surface area contributed by atoms with Crippen LogP contribution in [0.4, 0.5) is 5.69 Å². The third kappa shape index (κ3) is 5.68. The van der Waals surface area contributed by atoms with Gasteiger partial charge in [0.2, 0.25) is 5.91 Å². The number of hydrogen-bond acceptors (Lipinski definition) is 5. The van der Waals surface area contributed by atoms with E-state index in [2.05, 4.69) is 9.71 Å². The molecule has 1 N–H and O–H groups in total.